The second-order valence-corrected chi connectivity index (χ2v) is 9.82. The minimum atomic E-state index is -0.540. The maximum absolute atomic E-state index is 14.6. The summed E-state index contributed by atoms with van der Waals surface area (Å²) in [6, 6.07) is 3.77. The monoisotopic (exact) mass is 513 g/mol. The molecule has 0 spiro atoms. The van der Waals surface area contributed by atoms with Gasteiger partial charge in [0.2, 0.25) is 11.8 Å². The number of amides is 1. The third kappa shape index (κ3) is 5.82. The van der Waals surface area contributed by atoms with E-state index >= 15 is 0 Å². The fraction of sp³-hybridized carbons (Fsp3) is 0.458. The quantitative estimate of drug-likeness (QED) is 0.392. The lowest BCUT2D eigenvalue weighted by atomic mass is 9.86. The number of pyridine rings is 2. The van der Waals surface area contributed by atoms with Gasteiger partial charge in [0, 0.05) is 25.2 Å². The van der Waals surface area contributed by atoms with E-state index in [0.717, 1.165) is 42.6 Å². The van der Waals surface area contributed by atoms with Crippen LogP contribution >= 0.6 is 11.8 Å². The Labute approximate surface area is 212 Å². The number of carbonyl (C=O) groups excluding carboxylic acids is 1. The summed E-state index contributed by atoms with van der Waals surface area (Å²) in [5.41, 5.74) is 7.17. The number of anilines is 1. The molecule has 10 nitrogen and oxygen atoms in total. The van der Waals surface area contributed by atoms with Crippen molar-refractivity contribution in [2.45, 2.75) is 43.3 Å². The van der Waals surface area contributed by atoms with Gasteiger partial charge in [0.15, 0.2) is 17.4 Å². The SMILES string of the molecule is NCCOc1ccc2ncc(F)c(OCC3CCC(NCc4cnc5c(n4)NC(=O)CS5)CC3)c2n1. The Morgan fingerprint density at radius 1 is 1.14 bits per heavy atom. The minimum Gasteiger partial charge on any atom is -0.488 e. The van der Waals surface area contributed by atoms with E-state index in [1.165, 1.54) is 11.8 Å². The van der Waals surface area contributed by atoms with Gasteiger partial charge < -0.3 is 25.8 Å². The van der Waals surface area contributed by atoms with E-state index in [2.05, 4.69) is 30.6 Å². The molecule has 2 aliphatic rings. The topological polar surface area (TPSA) is 137 Å². The van der Waals surface area contributed by atoms with Crippen molar-refractivity contribution in [1.29, 1.82) is 0 Å². The Bertz CT molecular complexity index is 1240. The first kappa shape index (κ1) is 24.6. The second kappa shape index (κ2) is 11.3. The van der Waals surface area contributed by atoms with Crippen LogP contribution < -0.4 is 25.8 Å². The molecule has 1 amide bonds. The van der Waals surface area contributed by atoms with Crippen LogP contribution in [0.2, 0.25) is 0 Å². The van der Waals surface area contributed by atoms with Crippen molar-refractivity contribution in [3.63, 3.8) is 0 Å². The highest BCUT2D eigenvalue weighted by atomic mass is 32.2. The number of halogens is 1. The molecule has 3 aromatic heterocycles. The summed E-state index contributed by atoms with van der Waals surface area (Å²) >= 11 is 1.40. The number of carbonyl (C=O) groups is 1. The highest BCUT2D eigenvalue weighted by Gasteiger charge is 2.24. The number of hydrogen-bond donors (Lipinski definition) is 3. The predicted octanol–water partition coefficient (Wildman–Crippen LogP) is 2.67. The molecular weight excluding hydrogens is 485 g/mol. The Hall–Kier alpha value is -3.09. The summed E-state index contributed by atoms with van der Waals surface area (Å²) in [6.45, 7) is 1.68. The van der Waals surface area contributed by atoms with E-state index in [1.807, 2.05) is 0 Å². The number of nitrogens with zero attached hydrogens (tertiary/aromatic N) is 4. The first-order valence-corrected chi connectivity index (χ1v) is 13.0. The van der Waals surface area contributed by atoms with Gasteiger partial charge in [-0.25, -0.2) is 19.3 Å². The first-order chi connectivity index (χ1) is 17.6. The molecule has 12 heteroatoms. The van der Waals surface area contributed by atoms with E-state index in [-0.39, 0.29) is 11.7 Å². The van der Waals surface area contributed by atoms with E-state index in [0.29, 0.717) is 66.7 Å². The van der Waals surface area contributed by atoms with Gasteiger partial charge in [-0.05, 0) is 37.7 Å². The maximum Gasteiger partial charge on any atom is 0.236 e. The lowest BCUT2D eigenvalue weighted by Crippen LogP contribution is -2.34. The Morgan fingerprint density at radius 2 is 2.00 bits per heavy atom. The summed E-state index contributed by atoms with van der Waals surface area (Å²) < 4.78 is 26.0. The molecule has 5 rings (SSSR count). The number of aromatic nitrogens is 4. The summed E-state index contributed by atoms with van der Waals surface area (Å²) in [6.07, 6.45) is 6.80. The number of rotatable bonds is 9. The Morgan fingerprint density at radius 3 is 2.83 bits per heavy atom. The zero-order valence-electron chi connectivity index (χ0n) is 19.7. The van der Waals surface area contributed by atoms with Gasteiger partial charge in [-0.15, -0.1) is 0 Å². The van der Waals surface area contributed by atoms with Crippen LogP contribution in [0.15, 0.2) is 29.6 Å². The van der Waals surface area contributed by atoms with Gasteiger partial charge >= 0.3 is 0 Å². The van der Waals surface area contributed by atoms with Gasteiger partial charge in [0.1, 0.15) is 17.1 Å². The largest absolute Gasteiger partial charge is 0.488 e. The van der Waals surface area contributed by atoms with Crippen molar-refractivity contribution < 1.29 is 18.7 Å². The molecule has 1 aliphatic carbocycles. The van der Waals surface area contributed by atoms with Crippen molar-refractivity contribution in [3.05, 3.63) is 36.0 Å². The zero-order valence-corrected chi connectivity index (χ0v) is 20.5. The van der Waals surface area contributed by atoms with Crippen LogP contribution in [0.4, 0.5) is 10.2 Å². The molecule has 4 N–H and O–H groups in total. The number of nitrogens with two attached hydrogens (primary N) is 1. The Balaban J connectivity index is 1.13. The van der Waals surface area contributed by atoms with Crippen LogP contribution in [0.3, 0.4) is 0 Å². The van der Waals surface area contributed by atoms with Crippen LogP contribution in [-0.2, 0) is 11.3 Å². The second-order valence-electron chi connectivity index (χ2n) is 8.85. The lowest BCUT2D eigenvalue weighted by molar-refractivity contribution is -0.113. The van der Waals surface area contributed by atoms with Crippen molar-refractivity contribution in [3.8, 4) is 11.6 Å². The zero-order chi connectivity index (χ0) is 24.9. The molecule has 0 bridgehead atoms. The van der Waals surface area contributed by atoms with Crippen LogP contribution in [0.25, 0.3) is 11.0 Å². The average Bonchev–Trinajstić information content (AvgIpc) is 2.90. The maximum atomic E-state index is 14.6. The van der Waals surface area contributed by atoms with Gasteiger partial charge in [-0.1, -0.05) is 11.8 Å². The van der Waals surface area contributed by atoms with Crippen molar-refractivity contribution >= 4 is 34.5 Å². The first-order valence-electron chi connectivity index (χ1n) is 12.0. The predicted molar refractivity (Wildman–Crippen MR) is 134 cm³/mol. The summed E-state index contributed by atoms with van der Waals surface area (Å²) in [4.78, 5) is 29.0. The molecule has 0 radical (unpaired) electrons. The van der Waals surface area contributed by atoms with Crippen LogP contribution in [0.5, 0.6) is 11.6 Å². The number of ether oxygens (including phenoxy) is 2. The molecule has 36 heavy (non-hydrogen) atoms. The van der Waals surface area contributed by atoms with Crippen molar-refractivity contribution in [2.75, 3.05) is 30.8 Å². The van der Waals surface area contributed by atoms with Crippen molar-refractivity contribution in [1.82, 2.24) is 25.3 Å². The molecule has 4 heterocycles. The van der Waals surface area contributed by atoms with E-state index < -0.39 is 5.82 Å². The molecule has 190 valence electrons. The molecule has 1 aliphatic heterocycles. The molecule has 0 atom stereocenters. The average molecular weight is 514 g/mol. The number of thioether (sulfide) groups is 1. The molecule has 3 aromatic rings. The minimum absolute atomic E-state index is 0.0526. The summed E-state index contributed by atoms with van der Waals surface area (Å²) in [5, 5.41) is 7.08. The van der Waals surface area contributed by atoms with Crippen LogP contribution in [0.1, 0.15) is 31.4 Å². The highest BCUT2D eigenvalue weighted by Crippen LogP contribution is 2.31. The fourth-order valence-electron chi connectivity index (χ4n) is 4.36. The molecular formula is C24H28FN7O3S. The van der Waals surface area contributed by atoms with E-state index in [9.17, 15) is 9.18 Å². The lowest BCUT2D eigenvalue weighted by Gasteiger charge is -2.29. The third-order valence-corrected chi connectivity index (χ3v) is 7.21. The summed E-state index contributed by atoms with van der Waals surface area (Å²) in [7, 11) is 0. The van der Waals surface area contributed by atoms with E-state index in [1.54, 1.807) is 18.3 Å². The number of fused-ring (bicyclic) bond motifs is 2. The normalized spacial score (nSPS) is 19.6. The van der Waals surface area contributed by atoms with E-state index in [4.69, 9.17) is 15.2 Å². The molecule has 1 saturated carbocycles. The third-order valence-electron chi connectivity index (χ3n) is 6.23. The number of nitrogens with one attached hydrogen (secondary N) is 2. The molecule has 0 saturated heterocycles. The van der Waals surface area contributed by atoms with Crippen molar-refractivity contribution in [2.24, 2.45) is 11.7 Å². The summed E-state index contributed by atoms with van der Waals surface area (Å²) in [5.74, 6) is 1.11. The molecule has 0 unspecified atom stereocenters. The standard InChI is InChI=1S/C24H28FN7O3S/c25-17-11-28-18-5-6-20(34-8-7-26)32-21(18)22(17)35-12-14-1-3-15(4-2-14)27-9-16-10-29-24-23(30-16)31-19(33)13-36-24/h5-6,10-11,14-15,27H,1-4,7-9,12-13,26H2,(H,30,31,33). The number of hydrogen-bond acceptors (Lipinski definition) is 10. The smallest absolute Gasteiger partial charge is 0.236 e. The van der Waals surface area contributed by atoms with Gasteiger partial charge in [-0.2, -0.15) is 0 Å². The fourth-order valence-corrected chi connectivity index (χ4v) is 5.06. The van der Waals surface area contributed by atoms with Gasteiger partial charge in [0.25, 0.3) is 0 Å². The highest BCUT2D eigenvalue weighted by molar-refractivity contribution is 8.00. The van der Waals surface area contributed by atoms with Gasteiger partial charge in [0.05, 0.1) is 36.0 Å². The van der Waals surface area contributed by atoms with Gasteiger partial charge in [-0.3, -0.25) is 9.78 Å². The Kier molecular flexibility index (Phi) is 7.73. The van der Waals surface area contributed by atoms with Crippen LogP contribution in [0, 0.1) is 11.7 Å². The molecule has 1 fully saturated rings. The molecule has 0 aromatic carbocycles. The van der Waals surface area contributed by atoms with Crippen LogP contribution in [-0.4, -0.2) is 57.4 Å².